The van der Waals surface area contributed by atoms with Crippen molar-refractivity contribution in [3.63, 3.8) is 0 Å². The van der Waals surface area contributed by atoms with Gasteiger partial charge in [-0.1, -0.05) is 45.9 Å². The van der Waals surface area contributed by atoms with Gasteiger partial charge in [0.1, 0.15) is 16.8 Å². The van der Waals surface area contributed by atoms with Crippen molar-refractivity contribution in [1.29, 1.82) is 5.26 Å². The molecule has 11 heteroatoms. The number of hydrogen-bond donors (Lipinski definition) is 2. The van der Waals surface area contributed by atoms with E-state index in [1.165, 1.54) is 21.3 Å². The summed E-state index contributed by atoms with van der Waals surface area (Å²) in [6, 6.07) is 21.6. The number of carbonyl (C=O) groups excluding carboxylic acids is 2. The zero-order valence-electron chi connectivity index (χ0n) is 23.3. The zero-order chi connectivity index (χ0) is 30.2. The molecule has 0 atom stereocenters. The van der Waals surface area contributed by atoms with Crippen molar-refractivity contribution in [3.05, 3.63) is 88.0 Å². The number of nitriles is 1. The molecule has 0 bridgehead atoms. The minimum atomic E-state index is -0.477. The van der Waals surface area contributed by atoms with Gasteiger partial charge in [0.25, 0.3) is 5.91 Å². The molecule has 2 N–H and O–H groups in total. The first kappa shape index (κ1) is 30.4. The molecule has 2 amide bonds. The van der Waals surface area contributed by atoms with Gasteiger partial charge in [0, 0.05) is 15.7 Å². The lowest BCUT2D eigenvalue weighted by Gasteiger charge is -2.18. The fraction of sp³-hybridized carbons (Fsp3) is 0.161. The van der Waals surface area contributed by atoms with E-state index in [0.717, 1.165) is 16.2 Å². The van der Waals surface area contributed by atoms with E-state index in [-0.39, 0.29) is 22.8 Å². The van der Waals surface area contributed by atoms with Crippen molar-refractivity contribution in [1.82, 2.24) is 4.98 Å². The SMILES string of the molecule is COc1ccccc1NC(=O)c1c(C)nc(SCC(=O)Nc2ccc(Br)cc2)c(C#N)c1-c1ccc(OC)c(OC)c1. The van der Waals surface area contributed by atoms with Crippen LogP contribution in [0.4, 0.5) is 11.4 Å². The maximum Gasteiger partial charge on any atom is 0.258 e. The number of aryl methyl sites for hydroxylation is 1. The molecule has 1 heterocycles. The molecule has 0 aliphatic heterocycles. The Morgan fingerprint density at radius 3 is 2.29 bits per heavy atom. The van der Waals surface area contributed by atoms with Crippen LogP contribution < -0.4 is 24.8 Å². The van der Waals surface area contributed by atoms with Gasteiger partial charge in [-0.25, -0.2) is 4.98 Å². The van der Waals surface area contributed by atoms with Crippen LogP contribution in [0.5, 0.6) is 17.2 Å². The summed E-state index contributed by atoms with van der Waals surface area (Å²) in [6.45, 7) is 1.69. The number of hydrogen-bond acceptors (Lipinski definition) is 8. The van der Waals surface area contributed by atoms with E-state index in [2.05, 4.69) is 37.6 Å². The Bertz CT molecular complexity index is 1670. The van der Waals surface area contributed by atoms with E-state index in [9.17, 15) is 14.9 Å². The van der Waals surface area contributed by atoms with E-state index in [1.54, 1.807) is 61.5 Å². The van der Waals surface area contributed by atoms with Gasteiger partial charge in [-0.15, -0.1) is 0 Å². The highest BCUT2D eigenvalue weighted by atomic mass is 79.9. The van der Waals surface area contributed by atoms with Crippen LogP contribution in [0.15, 0.2) is 76.2 Å². The first-order chi connectivity index (χ1) is 20.3. The Morgan fingerprint density at radius 2 is 1.62 bits per heavy atom. The summed E-state index contributed by atoms with van der Waals surface area (Å²) >= 11 is 4.49. The second kappa shape index (κ2) is 13.9. The first-order valence-electron chi connectivity index (χ1n) is 12.6. The fourth-order valence-corrected chi connectivity index (χ4v) is 5.34. The molecule has 0 saturated heterocycles. The quantitative estimate of drug-likeness (QED) is 0.183. The van der Waals surface area contributed by atoms with Crippen LogP contribution in [0.25, 0.3) is 11.1 Å². The van der Waals surface area contributed by atoms with Gasteiger partial charge < -0.3 is 24.8 Å². The molecule has 4 aromatic rings. The number of aromatic nitrogens is 1. The van der Waals surface area contributed by atoms with Crippen LogP contribution in [-0.4, -0.2) is 43.9 Å². The van der Waals surface area contributed by atoms with Gasteiger partial charge in [0.15, 0.2) is 11.5 Å². The Hall–Kier alpha value is -4.53. The second-order valence-electron chi connectivity index (χ2n) is 8.81. The summed E-state index contributed by atoms with van der Waals surface area (Å²) in [5.41, 5.74) is 2.73. The number of anilines is 2. The topological polar surface area (TPSA) is 123 Å². The number of methoxy groups -OCH3 is 3. The number of halogens is 1. The number of ether oxygens (including phenoxy) is 3. The highest BCUT2D eigenvalue weighted by Gasteiger charge is 2.26. The third-order valence-corrected chi connectivity index (χ3v) is 7.68. The average Bonchev–Trinajstić information content (AvgIpc) is 3.00. The predicted octanol–water partition coefficient (Wildman–Crippen LogP) is 6.70. The van der Waals surface area contributed by atoms with Crippen molar-refractivity contribution in [2.75, 3.05) is 37.7 Å². The molecule has 1 aromatic heterocycles. The maximum absolute atomic E-state index is 13.8. The Kier molecular flexibility index (Phi) is 10.1. The molecule has 0 aliphatic rings. The van der Waals surface area contributed by atoms with E-state index in [0.29, 0.717) is 50.5 Å². The molecule has 0 saturated carbocycles. The molecule has 9 nitrogen and oxygen atoms in total. The number of carbonyl (C=O) groups is 2. The summed E-state index contributed by atoms with van der Waals surface area (Å²) in [4.78, 5) is 31.2. The molecule has 0 radical (unpaired) electrons. The van der Waals surface area contributed by atoms with Crippen LogP contribution in [0.2, 0.25) is 0 Å². The highest BCUT2D eigenvalue weighted by molar-refractivity contribution is 9.10. The summed E-state index contributed by atoms with van der Waals surface area (Å²) in [7, 11) is 4.54. The number of benzene rings is 3. The number of amides is 2. The van der Waals surface area contributed by atoms with Crippen LogP contribution in [-0.2, 0) is 4.79 Å². The van der Waals surface area contributed by atoms with Gasteiger partial charge in [0.2, 0.25) is 5.91 Å². The monoisotopic (exact) mass is 646 g/mol. The van der Waals surface area contributed by atoms with Crippen molar-refractivity contribution in [3.8, 4) is 34.4 Å². The fourth-order valence-electron chi connectivity index (χ4n) is 4.24. The average molecular weight is 648 g/mol. The van der Waals surface area contributed by atoms with Crippen molar-refractivity contribution < 1.29 is 23.8 Å². The van der Waals surface area contributed by atoms with Crippen LogP contribution in [0.3, 0.4) is 0 Å². The molecular formula is C31H27BrN4O5S. The van der Waals surface area contributed by atoms with Crippen LogP contribution in [0, 0.1) is 18.3 Å². The number of rotatable bonds is 10. The molecule has 4 rings (SSSR count). The van der Waals surface area contributed by atoms with Crippen molar-refractivity contribution in [2.24, 2.45) is 0 Å². The van der Waals surface area contributed by atoms with Gasteiger partial charge in [-0.2, -0.15) is 5.26 Å². The first-order valence-corrected chi connectivity index (χ1v) is 14.4. The lowest BCUT2D eigenvalue weighted by molar-refractivity contribution is -0.113. The number of nitrogens with one attached hydrogen (secondary N) is 2. The highest BCUT2D eigenvalue weighted by Crippen LogP contribution is 2.39. The van der Waals surface area contributed by atoms with E-state index in [4.69, 9.17) is 14.2 Å². The molecule has 42 heavy (non-hydrogen) atoms. The molecule has 0 unspecified atom stereocenters. The van der Waals surface area contributed by atoms with Crippen molar-refractivity contribution in [2.45, 2.75) is 11.9 Å². The molecule has 3 aromatic carbocycles. The lowest BCUT2D eigenvalue weighted by Crippen LogP contribution is -2.18. The summed E-state index contributed by atoms with van der Waals surface area (Å²) in [5, 5.41) is 16.4. The minimum Gasteiger partial charge on any atom is -0.495 e. The zero-order valence-corrected chi connectivity index (χ0v) is 25.7. The van der Waals surface area contributed by atoms with Gasteiger partial charge in [0.05, 0.1) is 49.6 Å². The van der Waals surface area contributed by atoms with E-state index >= 15 is 0 Å². The Labute approximate surface area is 256 Å². The Balaban J connectivity index is 1.78. The standard InChI is InChI=1S/C31H27BrN4O5S/c1-18-28(30(38)36-23-7-5-6-8-24(23)39-2)29(19-9-14-25(40-3)26(15-19)41-4)22(16-33)31(34-18)42-17-27(37)35-21-12-10-20(32)11-13-21/h5-15H,17H2,1-4H3,(H,35,37)(H,36,38). The van der Waals surface area contributed by atoms with Gasteiger partial charge in [-0.3, -0.25) is 9.59 Å². The largest absolute Gasteiger partial charge is 0.495 e. The van der Waals surface area contributed by atoms with E-state index < -0.39 is 5.91 Å². The molecule has 0 aliphatic carbocycles. The summed E-state index contributed by atoms with van der Waals surface area (Å²) < 4.78 is 17.2. The second-order valence-corrected chi connectivity index (χ2v) is 10.7. The molecule has 0 fully saturated rings. The maximum atomic E-state index is 13.8. The summed E-state index contributed by atoms with van der Waals surface area (Å²) in [5.74, 6) is 0.646. The van der Waals surface area contributed by atoms with Gasteiger partial charge >= 0.3 is 0 Å². The smallest absolute Gasteiger partial charge is 0.258 e. The number of thioether (sulfide) groups is 1. The minimum absolute atomic E-state index is 0.00465. The molecule has 0 spiro atoms. The number of pyridine rings is 1. The van der Waals surface area contributed by atoms with Crippen LogP contribution in [0.1, 0.15) is 21.6 Å². The van der Waals surface area contributed by atoms with Gasteiger partial charge in [-0.05, 0) is 61.0 Å². The summed E-state index contributed by atoms with van der Waals surface area (Å²) in [6.07, 6.45) is 0. The molecule has 214 valence electrons. The normalized spacial score (nSPS) is 10.4. The lowest BCUT2D eigenvalue weighted by atomic mass is 9.94. The van der Waals surface area contributed by atoms with E-state index in [1.807, 2.05) is 12.1 Å². The predicted molar refractivity (Wildman–Crippen MR) is 167 cm³/mol. The third kappa shape index (κ3) is 6.84. The third-order valence-electron chi connectivity index (χ3n) is 6.18. The Morgan fingerprint density at radius 1 is 0.929 bits per heavy atom. The number of nitrogens with zero attached hydrogens (tertiary/aromatic N) is 2. The molecular weight excluding hydrogens is 620 g/mol. The van der Waals surface area contributed by atoms with Crippen LogP contribution >= 0.6 is 27.7 Å². The number of para-hydroxylation sites is 2. The van der Waals surface area contributed by atoms with Crippen molar-refractivity contribution >= 4 is 50.9 Å².